The lowest BCUT2D eigenvalue weighted by atomic mass is 10.1. The molecule has 4 heteroatoms. The highest BCUT2D eigenvalue weighted by Crippen LogP contribution is 2.60. The van der Waals surface area contributed by atoms with Crippen molar-refractivity contribution in [1.82, 2.24) is 0 Å². The molecule has 0 aliphatic heterocycles. The maximum absolute atomic E-state index is 11.0. The maximum atomic E-state index is 11.0. The van der Waals surface area contributed by atoms with Crippen molar-refractivity contribution in [2.24, 2.45) is 17.3 Å². The summed E-state index contributed by atoms with van der Waals surface area (Å²) in [6, 6.07) is 0. The Kier molecular flexibility index (Phi) is 3.73. The zero-order valence-corrected chi connectivity index (χ0v) is 9.82. The second kappa shape index (κ2) is 4.49. The van der Waals surface area contributed by atoms with Gasteiger partial charge in [0.1, 0.15) is 0 Å². The van der Waals surface area contributed by atoms with E-state index in [0.717, 1.165) is 0 Å². The Balaban J connectivity index is 2.65. The van der Waals surface area contributed by atoms with Crippen LogP contribution in [0.5, 0.6) is 0 Å². The Morgan fingerprint density at radius 3 is 2.07 bits per heavy atom. The van der Waals surface area contributed by atoms with Gasteiger partial charge < -0.3 is 14.6 Å². The molecule has 15 heavy (non-hydrogen) atoms. The molecule has 4 nitrogen and oxygen atoms in total. The van der Waals surface area contributed by atoms with E-state index in [0.29, 0.717) is 13.2 Å². The molecule has 1 N–H and O–H groups in total. The van der Waals surface area contributed by atoms with Crippen LogP contribution in [0.2, 0.25) is 0 Å². The molecule has 0 heterocycles. The molecule has 0 spiro atoms. The number of aliphatic carboxylic acids is 1. The number of hydrogen-bond acceptors (Lipinski definition) is 3. The van der Waals surface area contributed by atoms with E-state index in [-0.39, 0.29) is 23.5 Å². The summed E-state index contributed by atoms with van der Waals surface area (Å²) >= 11 is 0. The van der Waals surface area contributed by atoms with E-state index in [1.54, 1.807) is 0 Å². The molecule has 1 aliphatic carbocycles. The van der Waals surface area contributed by atoms with Crippen LogP contribution in [0.3, 0.4) is 0 Å². The highest BCUT2D eigenvalue weighted by Gasteiger charge is 2.66. The van der Waals surface area contributed by atoms with E-state index in [9.17, 15) is 4.79 Å². The van der Waals surface area contributed by atoms with Gasteiger partial charge in [-0.25, -0.2) is 0 Å². The second-order valence-corrected chi connectivity index (χ2v) is 4.44. The molecule has 1 aliphatic rings. The summed E-state index contributed by atoms with van der Waals surface area (Å²) in [6.45, 7) is 8.75. The van der Waals surface area contributed by atoms with Crippen LogP contribution >= 0.6 is 0 Å². The zero-order chi connectivity index (χ0) is 11.6. The molecule has 0 aromatic carbocycles. The molecule has 0 radical (unpaired) electrons. The minimum atomic E-state index is -0.755. The smallest absolute Gasteiger partial charge is 0.307 e. The largest absolute Gasteiger partial charge is 0.481 e. The van der Waals surface area contributed by atoms with E-state index in [1.807, 2.05) is 27.7 Å². The Hall–Kier alpha value is -0.610. The molecular weight excluding hydrogens is 196 g/mol. The van der Waals surface area contributed by atoms with Gasteiger partial charge in [-0.1, -0.05) is 13.8 Å². The number of rotatable bonds is 6. The first-order chi connectivity index (χ1) is 6.96. The van der Waals surface area contributed by atoms with Crippen LogP contribution in [0, 0.1) is 17.3 Å². The van der Waals surface area contributed by atoms with Crippen molar-refractivity contribution in [3.63, 3.8) is 0 Å². The first kappa shape index (κ1) is 12.5. The lowest BCUT2D eigenvalue weighted by Gasteiger charge is -2.18. The van der Waals surface area contributed by atoms with Crippen LogP contribution in [0.15, 0.2) is 0 Å². The summed E-state index contributed by atoms with van der Waals surface area (Å²) < 4.78 is 10.9. The van der Waals surface area contributed by atoms with Crippen molar-refractivity contribution in [3.8, 4) is 0 Å². The van der Waals surface area contributed by atoms with Gasteiger partial charge in [-0.05, 0) is 19.3 Å². The molecule has 1 saturated carbocycles. The van der Waals surface area contributed by atoms with Gasteiger partial charge in [0, 0.05) is 19.1 Å². The number of carbonyl (C=O) groups is 1. The van der Waals surface area contributed by atoms with Crippen LogP contribution < -0.4 is 0 Å². The predicted octanol–water partition coefficient (Wildman–Crippen LogP) is 1.74. The van der Waals surface area contributed by atoms with Gasteiger partial charge in [0.15, 0.2) is 6.29 Å². The normalized spacial score (nSPS) is 28.1. The Bertz CT molecular complexity index is 231. The molecule has 88 valence electrons. The van der Waals surface area contributed by atoms with Crippen LogP contribution in [0.4, 0.5) is 0 Å². The quantitative estimate of drug-likeness (QED) is 0.687. The molecule has 2 atom stereocenters. The van der Waals surface area contributed by atoms with E-state index < -0.39 is 5.97 Å². The average Bonchev–Trinajstić information content (AvgIpc) is 2.68. The fraction of sp³-hybridized carbons (Fsp3) is 0.909. The summed E-state index contributed by atoms with van der Waals surface area (Å²) in [5, 5.41) is 9.03. The second-order valence-electron chi connectivity index (χ2n) is 4.44. The van der Waals surface area contributed by atoms with Crippen molar-refractivity contribution in [2.75, 3.05) is 13.2 Å². The van der Waals surface area contributed by atoms with Crippen LogP contribution in [-0.4, -0.2) is 30.6 Å². The third-order valence-corrected chi connectivity index (χ3v) is 3.13. The van der Waals surface area contributed by atoms with Crippen molar-refractivity contribution in [2.45, 2.75) is 34.0 Å². The van der Waals surface area contributed by atoms with Crippen LogP contribution in [-0.2, 0) is 14.3 Å². The molecule has 0 aromatic rings. The summed E-state index contributed by atoms with van der Waals surface area (Å²) in [7, 11) is 0. The van der Waals surface area contributed by atoms with Gasteiger partial charge in [-0.15, -0.1) is 0 Å². The fourth-order valence-corrected chi connectivity index (χ4v) is 2.24. The Labute approximate surface area is 90.6 Å². The summed E-state index contributed by atoms with van der Waals surface area (Å²) in [5.74, 6) is -1.13. The van der Waals surface area contributed by atoms with Gasteiger partial charge in [-0.3, -0.25) is 4.79 Å². The van der Waals surface area contributed by atoms with E-state index in [1.165, 1.54) is 0 Å². The molecule has 1 rings (SSSR count). The molecule has 0 saturated heterocycles. The monoisotopic (exact) mass is 216 g/mol. The molecule has 0 bridgehead atoms. The van der Waals surface area contributed by atoms with Crippen LogP contribution in [0.1, 0.15) is 27.7 Å². The van der Waals surface area contributed by atoms with Crippen LogP contribution in [0.25, 0.3) is 0 Å². The van der Waals surface area contributed by atoms with Crippen molar-refractivity contribution in [1.29, 1.82) is 0 Å². The van der Waals surface area contributed by atoms with Gasteiger partial charge in [0.25, 0.3) is 0 Å². The maximum Gasteiger partial charge on any atom is 0.307 e. The molecular formula is C11H20O4. The summed E-state index contributed by atoms with van der Waals surface area (Å²) in [4.78, 5) is 11.0. The Morgan fingerprint density at radius 2 is 1.80 bits per heavy atom. The SMILES string of the molecule is CCOC(OCC)[C@@H]1[C@@H](C(=O)O)C1(C)C. The molecule has 0 amide bonds. The average molecular weight is 216 g/mol. The standard InChI is InChI=1S/C11H20O4/c1-5-14-10(15-6-2)8-7(9(12)13)11(8,3)4/h7-8,10H,5-6H2,1-4H3,(H,12,13)/t7-,8-/m0/s1. The third kappa shape index (κ3) is 2.32. The topological polar surface area (TPSA) is 55.8 Å². The van der Waals surface area contributed by atoms with E-state index in [4.69, 9.17) is 14.6 Å². The number of ether oxygens (including phenoxy) is 2. The number of carboxylic acid groups (broad SMARTS) is 1. The van der Waals surface area contributed by atoms with Crippen molar-refractivity contribution >= 4 is 5.97 Å². The highest BCUT2D eigenvalue weighted by molar-refractivity contribution is 5.75. The minimum absolute atomic E-state index is 0.0325. The summed E-state index contributed by atoms with van der Waals surface area (Å²) in [5.41, 5.74) is -0.221. The van der Waals surface area contributed by atoms with E-state index >= 15 is 0 Å². The first-order valence-corrected chi connectivity index (χ1v) is 5.42. The highest BCUT2D eigenvalue weighted by atomic mass is 16.7. The molecule has 0 unspecified atom stereocenters. The van der Waals surface area contributed by atoms with Gasteiger partial charge in [0.05, 0.1) is 5.92 Å². The predicted molar refractivity (Wildman–Crippen MR) is 55.4 cm³/mol. The third-order valence-electron chi connectivity index (χ3n) is 3.13. The number of carboxylic acids is 1. The first-order valence-electron chi connectivity index (χ1n) is 5.42. The molecule has 1 fully saturated rings. The zero-order valence-electron chi connectivity index (χ0n) is 9.82. The van der Waals surface area contributed by atoms with Gasteiger partial charge in [0.2, 0.25) is 0 Å². The summed E-state index contributed by atoms with van der Waals surface area (Å²) in [6.07, 6.45) is -0.379. The van der Waals surface area contributed by atoms with E-state index in [2.05, 4.69) is 0 Å². The number of hydrogen-bond donors (Lipinski definition) is 1. The Morgan fingerprint density at radius 1 is 1.33 bits per heavy atom. The molecule has 0 aromatic heterocycles. The lowest BCUT2D eigenvalue weighted by Crippen LogP contribution is -2.23. The van der Waals surface area contributed by atoms with Gasteiger partial charge >= 0.3 is 5.97 Å². The van der Waals surface area contributed by atoms with Crippen molar-refractivity contribution < 1.29 is 19.4 Å². The minimum Gasteiger partial charge on any atom is -0.481 e. The van der Waals surface area contributed by atoms with Gasteiger partial charge in [-0.2, -0.15) is 0 Å². The fourth-order valence-electron chi connectivity index (χ4n) is 2.24. The van der Waals surface area contributed by atoms with Crippen molar-refractivity contribution in [3.05, 3.63) is 0 Å². The lowest BCUT2D eigenvalue weighted by molar-refractivity contribution is -0.159.